The Bertz CT molecular complexity index is 478. The van der Waals surface area contributed by atoms with Gasteiger partial charge >= 0.3 is 6.18 Å². The van der Waals surface area contributed by atoms with Gasteiger partial charge in [-0.05, 0) is 6.42 Å². The number of hydrogen-bond donors (Lipinski definition) is 1. The second-order valence-corrected chi connectivity index (χ2v) is 4.64. The third-order valence-corrected chi connectivity index (χ3v) is 3.21. The van der Waals surface area contributed by atoms with Gasteiger partial charge in [0.2, 0.25) is 0 Å². The quantitative estimate of drug-likeness (QED) is 0.854. The molecule has 0 spiro atoms. The van der Waals surface area contributed by atoms with Crippen molar-refractivity contribution in [2.45, 2.75) is 19.1 Å². The summed E-state index contributed by atoms with van der Waals surface area (Å²) in [6, 6.07) is 0. The smallest absolute Gasteiger partial charge is 0.361 e. The summed E-state index contributed by atoms with van der Waals surface area (Å²) in [6.45, 7) is 1.34. The molecule has 2 rings (SSSR count). The molecule has 2 heterocycles. The van der Waals surface area contributed by atoms with E-state index in [9.17, 15) is 13.2 Å². The van der Waals surface area contributed by atoms with Crippen LogP contribution in [0.3, 0.4) is 0 Å². The van der Waals surface area contributed by atoms with E-state index in [1.807, 2.05) is 10.8 Å². The molecule has 0 amide bonds. The minimum absolute atomic E-state index is 0.299. The number of nitrogens with one attached hydrogen (secondary N) is 1. The second kappa shape index (κ2) is 5.38. The van der Waals surface area contributed by atoms with Gasteiger partial charge in [0.25, 0.3) is 0 Å². The molecule has 4 nitrogen and oxygen atoms in total. The van der Waals surface area contributed by atoms with E-state index in [-0.39, 0.29) is 0 Å². The number of hydrogen-bond acceptors (Lipinski definition) is 4. The van der Waals surface area contributed by atoms with E-state index in [0.29, 0.717) is 23.0 Å². The molecular formula is C10H11F3N4S. The Balaban J connectivity index is 1.75. The number of alkyl halides is 3. The van der Waals surface area contributed by atoms with Crippen LogP contribution in [0, 0.1) is 0 Å². The van der Waals surface area contributed by atoms with Crippen molar-refractivity contribution < 1.29 is 13.2 Å². The lowest BCUT2D eigenvalue weighted by atomic mass is 10.4. The average Bonchev–Trinajstić information content (AvgIpc) is 2.95. The number of anilines is 1. The summed E-state index contributed by atoms with van der Waals surface area (Å²) in [7, 11) is 0. The number of aromatic nitrogens is 3. The maximum atomic E-state index is 12.3. The number of nitrogens with zero attached hydrogens (tertiary/aromatic N) is 3. The standard InChI is InChI=1S/C10H11F3N4S/c11-10(12,13)8-6-16-9(18-8)15-2-1-4-17-5-3-14-7-17/h3,5-7H,1-2,4H2,(H,15,16). The Morgan fingerprint density at radius 2 is 2.22 bits per heavy atom. The molecule has 0 aromatic carbocycles. The predicted octanol–water partition coefficient (Wildman–Crippen LogP) is 2.86. The molecule has 0 atom stereocenters. The van der Waals surface area contributed by atoms with E-state index < -0.39 is 11.1 Å². The Kier molecular flexibility index (Phi) is 3.85. The van der Waals surface area contributed by atoms with Gasteiger partial charge in [-0.1, -0.05) is 11.3 Å². The topological polar surface area (TPSA) is 42.7 Å². The molecule has 0 fully saturated rings. The molecule has 2 aromatic rings. The normalized spacial score (nSPS) is 11.7. The van der Waals surface area contributed by atoms with E-state index in [2.05, 4.69) is 15.3 Å². The van der Waals surface area contributed by atoms with Crippen LogP contribution in [0.15, 0.2) is 24.9 Å². The molecule has 0 saturated carbocycles. The molecule has 0 aliphatic rings. The van der Waals surface area contributed by atoms with Gasteiger partial charge in [-0.25, -0.2) is 9.97 Å². The first-order valence-electron chi connectivity index (χ1n) is 5.28. The van der Waals surface area contributed by atoms with Gasteiger partial charge in [-0.2, -0.15) is 13.2 Å². The van der Waals surface area contributed by atoms with E-state index in [0.717, 1.165) is 19.2 Å². The predicted molar refractivity (Wildman–Crippen MR) is 62.4 cm³/mol. The summed E-state index contributed by atoms with van der Waals surface area (Å²) in [5, 5.41) is 3.17. The number of rotatable bonds is 5. The molecule has 8 heteroatoms. The van der Waals surface area contributed by atoms with Crippen LogP contribution in [0.5, 0.6) is 0 Å². The van der Waals surface area contributed by atoms with Gasteiger partial charge in [0.05, 0.1) is 12.5 Å². The lowest BCUT2D eigenvalue weighted by molar-refractivity contribution is -0.134. The molecule has 1 N–H and O–H groups in total. The molecule has 98 valence electrons. The Labute approximate surface area is 105 Å². The molecule has 0 aliphatic heterocycles. The molecule has 2 aromatic heterocycles. The summed E-state index contributed by atoms with van der Waals surface area (Å²) in [5.74, 6) is 0. The van der Waals surface area contributed by atoms with E-state index in [1.54, 1.807) is 12.5 Å². The van der Waals surface area contributed by atoms with Crippen molar-refractivity contribution in [2.24, 2.45) is 0 Å². The van der Waals surface area contributed by atoms with Gasteiger partial charge < -0.3 is 9.88 Å². The lowest BCUT2D eigenvalue weighted by Gasteiger charge is -2.03. The van der Waals surface area contributed by atoms with Crippen LogP contribution >= 0.6 is 11.3 Å². The van der Waals surface area contributed by atoms with Crippen LogP contribution in [0.2, 0.25) is 0 Å². The fraction of sp³-hybridized carbons (Fsp3) is 0.400. The monoisotopic (exact) mass is 276 g/mol. The summed E-state index contributed by atoms with van der Waals surface area (Å²) in [4.78, 5) is 6.90. The molecule has 0 unspecified atom stereocenters. The van der Waals surface area contributed by atoms with Crippen molar-refractivity contribution in [1.29, 1.82) is 0 Å². The van der Waals surface area contributed by atoms with Gasteiger partial charge in [0.15, 0.2) is 5.13 Å². The minimum atomic E-state index is -4.31. The van der Waals surface area contributed by atoms with Crippen LogP contribution in [0.1, 0.15) is 11.3 Å². The van der Waals surface area contributed by atoms with Crippen molar-refractivity contribution >= 4 is 16.5 Å². The van der Waals surface area contributed by atoms with E-state index >= 15 is 0 Å². The minimum Gasteiger partial charge on any atom is -0.361 e. The first-order chi connectivity index (χ1) is 8.55. The van der Waals surface area contributed by atoms with Gasteiger partial charge in [-0.3, -0.25) is 0 Å². The van der Waals surface area contributed by atoms with Crippen molar-refractivity contribution in [3.8, 4) is 0 Å². The highest BCUT2D eigenvalue weighted by Crippen LogP contribution is 2.34. The van der Waals surface area contributed by atoms with Gasteiger partial charge in [0.1, 0.15) is 4.88 Å². The first kappa shape index (κ1) is 12.9. The van der Waals surface area contributed by atoms with Crippen molar-refractivity contribution in [2.75, 3.05) is 11.9 Å². The maximum Gasteiger partial charge on any atom is 0.427 e. The van der Waals surface area contributed by atoms with E-state index in [4.69, 9.17) is 0 Å². The number of halogens is 3. The molecule has 0 radical (unpaired) electrons. The van der Waals surface area contributed by atoms with Gasteiger partial charge in [-0.15, -0.1) is 0 Å². The van der Waals surface area contributed by atoms with Crippen LogP contribution in [0.25, 0.3) is 0 Å². The number of imidazole rings is 1. The maximum absolute atomic E-state index is 12.3. The summed E-state index contributed by atoms with van der Waals surface area (Å²) in [6.07, 6.45) is 2.55. The highest BCUT2D eigenvalue weighted by atomic mass is 32.1. The highest BCUT2D eigenvalue weighted by Gasteiger charge is 2.33. The fourth-order valence-electron chi connectivity index (χ4n) is 1.36. The molecular weight excluding hydrogens is 265 g/mol. The highest BCUT2D eigenvalue weighted by molar-refractivity contribution is 7.15. The zero-order valence-electron chi connectivity index (χ0n) is 9.31. The molecule has 0 aliphatic carbocycles. The zero-order chi connectivity index (χ0) is 13.0. The summed E-state index contributed by atoms with van der Waals surface area (Å²) >= 11 is 0.621. The third kappa shape index (κ3) is 3.46. The molecule has 0 saturated heterocycles. The Hall–Kier alpha value is -1.57. The van der Waals surface area contributed by atoms with Crippen molar-refractivity contribution in [3.63, 3.8) is 0 Å². The lowest BCUT2D eigenvalue weighted by Crippen LogP contribution is -2.05. The largest absolute Gasteiger partial charge is 0.427 e. The average molecular weight is 276 g/mol. The zero-order valence-corrected chi connectivity index (χ0v) is 10.1. The van der Waals surface area contributed by atoms with Crippen molar-refractivity contribution in [1.82, 2.24) is 14.5 Å². The summed E-state index contributed by atoms with van der Waals surface area (Å²) in [5.41, 5.74) is 0. The van der Waals surface area contributed by atoms with Crippen LogP contribution in [-0.4, -0.2) is 21.1 Å². The molecule has 0 bridgehead atoms. The van der Waals surface area contributed by atoms with Crippen LogP contribution in [0.4, 0.5) is 18.3 Å². The number of aryl methyl sites for hydroxylation is 1. The van der Waals surface area contributed by atoms with Crippen LogP contribution in [-0.2, 0) is 12.7 Å². The Morgan fingerprint density at radius 1 is 1.39 bits per heavy atom. The van der Waals surface area contributed by atoms with Crippen LogP contribution < -0.4 is 5.32 Å². The summed E-state index contributed by atoms with van der Waals surface area (Å²) < 4.78 is 38.8. The van der Waals surface area contributed by atoms with E-state index in [1.165, 1.54) is 0 Å². The number of thiazole rings is 1. The second-order valence-electron chi connectivity index (χ2n) is 3.61. The fourth-order valence-corrected chi connectivity index (χ4v) is 2.07. The molecule has 18 heavy (non-hydrogen) atoms. The first-order valence-corrected chi connectivity index (χ1v) is 6.10. The van der Waals surface area contributed by atoms with Crippen molar-refractivity contribution in [3.05, 3.63) is 29.8 Å². The SMILES string of the molecule is FC(F)(F)c1cnc(NCCCn2ccnc2)s1. The third-order valence-electron chi connectivity index (χ3n) is 2.21. The van der Waals surface area contributed by atoms with Gasteiger partial charge in [0, 0.05) is 25.5 Å². The Morgan fingerprint density at radius 3 is 2.83 bits per heavy atom.